The maximum Gasteiger partial charge on any atom is 0.320 e. The smallest absolute Gasteiger partial charge is 0.320 e. The minimum Gasteiger partial charge on any atom is -0.465 e. The highest BCUT2D eigenvalue weighted by Crippen LogP contribution is 2.09. The number of carbonyl (C=O) groups excluding carboxylic acids is 2. The van der Waals surface area contributed by atoms with Crippen molar-refractivity contribution in [1.29, 1.82) is 0 Å². The predicted molar refractivity (Wildman–Crippen MR) is 53.2 cm³/mol. The lowest BCUT2D eigenvalue weighted by Gasteiger charge is -2.13. The van der Waals surface area contributed by atoms with E-state index in [1.165, 1.54) is 7.11 Å². The molecule has 5 nitrogen and oxygen atoms in total. The third-order valence-electron chi connectivity index (χ3n) is 1.75. The third-order valence-corrected chi connectivity index (χ3v) is 1.75. The molecule has 0 aromatic heterocycles. The summed E-state index contributed by atoms with van der Waals surface area (Å²) in [6.07, 6.45) is 0.286. The van der Waals surface area contributed by atoms with Gasteiger partial charge in [-0.05, 0) is 20.3 Å². The van der Waals surface area contributed by atoms with Gasteiger partial charge in [-0.15, -0.1) is 0 Å². The molecule has 0 heterocycles. The molecular formula is C10H18O5. The van der Waals surface area contributed by atoms with Gasteiger partial charge in [0.25, 0.3) is 0 Å². The van der Waals surface area contributed by atoms with E-state index < -0.39 is 17.9 Å². The van der Waals surface area contributed by atoms with Crippen LogP contribution < -0.4 is 0 Å². The molecular weight excluding hydrogens is 200 g/mol. The van der Waals surface area contributed by atoms with Crippen LogP contribution in [0.1, 0.15) is 20.3 Å². The van der Waals surface area contributed by atoms with Crippen LogP contribution in [-0.2, 0) is 23.8 Å². The van der Waals surface area contributed by atoms with Crippen molar-refractivity contribution < 1.29 is 23.8 Å². The summed E-state index contributed by atoms with van der Waals surface area (Å²) in [5.41, 5.74) is 0. The van der Waals surface area contributed by atoms with E-state index >= 15 is 0 Å². The van der Waals surface area contributed by atoms with Crippen LogP contribution in [0.25, 0.3) is 0 Å². The molecule has 0 amide bonds. The van der Waals surface area contributed by atoms with E-state index in [0.717, 1.165) is 0 Å². The lowest BCUT2D eigenvalue weighted by atomic mass is 10.1. The number of hydrogen-bond donors (Lipinski definition) is 0. The van der Waals surface area contributed by atoms with E-state index in [2.05, 4.69) is 0 Å². The van der Waals surface area contributed by atoms with Gasteiger partial charge in [0.15, 0.2) is 5.92 Å². The van der Waals surface area contributed by atoms with Crippen LogP contribution in [0, 0.1) is 5.92 Å². The van der Waals surface area contributed by atoms with Crippen molar-refractivity contribution in [3.8, 4) is 0 Å². The number of ether oxygens (including phenoxy) is 3. The van der Waals surface area contributed by atoms with Crippen LogP contribution in [-0.4, -0.2) is 38.9 Å². The first-order chi connectivity index (χ1) is 7.17. The molecule has 0 fully saturated rings. The molecule has 5 heteroatoms. The van der Waals surface area contributed by atoms with Crippen LogP contribution in [0.4, 0.5) is 0 Å². The number of hydrogen-bond acceptors (Lipinski definition) is 5. The zero-order chi connectivity index (χ0) is 11.7. The fourth-order valence-corrected chi connectivity index (χ4v) is 1.05. The van der Waals surface area contributed by atoms with E-state index in [1.807, 2.05) is 0 Å². The second-order valence-electron chi connectivity index (χ2n) is 2.84. The summed E-state index contributed by atoms with van der Waals surface area (Å²) in [6.45, 7) is 4.21. The fraction of sp³-hybridized carbons (Fsp3) is 0.800. The predicted octanol–water partition coefficient (Wildman–Crippen LogP) is 0.765. The van der Waals surface area contributed by atoms with Gasteiger partial charge in [-0.3, -0.25) is 9.59 Å². The zero-order valence-corrected chi connectivity index (χ0v) is 9.45. The van der Waals surface area contributed by atoms with E-state index in [-0.39, 0.29) is 19.6 Å². The normalized spacial score (nSPS) is 10.1. The number of methoxy groups -OCH3 is 1. The Balaban J connectivity index is 4.28. The molecule has 88 valence electrons. The quantitative estimate of drug-likeness (QED) is 0.466. The molecule has 0 radical (unpaired) electrons. The highest BCUT2D eigenvalue weighted by Gasteiger charge is 2.28. The molecule has 0 aliphatic carbocycles. The van der Waals surface area contributed by atoms with Crippen LogP contribution in [0.3, 0.4) is 0 Å². The summed E-state index contributed by atoms with van der Waals surface area (Å²) < 4.78 is 14.4. The first-order valence-corrected chi connectivity index (χ1v) is 4.99. The molecule has 0 unspecified atom stereocenters. The largest absolute Gasteiger partial charge is 0.465 e. The summed E-state index contributed by atoms with van der Waals surface area (Å²) >= 11 is 0. The van der Waals surface area contributed by atoms with Crippen molar-refractivity contribution >= 4 is 11.9 Å². The molecule has 0 bridgehead atoms. The molecule has 15 heavy (non-hydrogen) atoms. The molecule has 0 spiro atoms. The van der Waals surface area contributed by atoms with Crippen molar-refractivity contribution in [2.45, 2.75) is 20.3 Å². The van der Waals surface area contributed by atoms with Gasteiger partial charge in [0.2, 0.25) is 0 Å². The molecule has 0 rings (SSSR count). The first-order valence-electron chi connectivity index (χ1n) is 4.99. The van der Waals surface area contributed by atoms with Gasteiger partial charge < -0.3 is 14.2 Å². The maximum absolute atomic E-state index is 11.4. The minimum absolute atomic E-state index is 0.252. The number of esters is 2. The molecule has 0 saturated carbocycles. The van der Waals surface area contributed by atoms with Crippen LogP contribution in [0.2, 0.25) is 0 Å². The van der Waals surface area contributed by atoms with Crippen molar-refractivity contribution in [2.75, 3.05) is 26.9 Å². The Labute approximate surface area is 89.7 Å². The Kier molecular flexibility index (Phi) is 7.62. The Morgan fingerprint density at radius 2 is 1.53 bits per heavy atom. The number of carbonyl (C=O) groups is 2. The van der Waals surface area contributed by atoms with Gasteiger partial charge >= 0.3 is 11.9 Å². The molecule has 0 aliphatic heterocycles. The lowest BCUT2D eigenvalue weighted by molar-refractivity contribution is -0.162. The van der Waals surface area contributed by atoms with Crippen molar-refractivity contribution in [1.82, 2.24) is 0 Å². The molecule has 0 aromatic rings. The van der Waals surface area contributed by atoms with Crippen molar-refractivity contribution in [3.63, 3.8) is 0 Å². The van der Waals surface area contributed by atoms with Gasteiger partial charge in [0.1, 0.15) is 0 Å². The van der Waals surface area contributed by atoms with Crippen LogP contribution in [0.15, 0.2) is 0 Å². The molecule has 0 aromatic carbocycles. The van der Waals surface area contributed by atoms with Gasteiger partial charge in [0.05, 0.1) is 13.2 Å². The summed E-state index contributed by atoms with van der Waals surface area (Å²) in [4.78, 5) is 22.8. The summed E-state index contributed by atoms with van der Waals surface area (Å²) in [7, 11) is 1.51. The molecule has 0 aliphatic rings. The van der Waals surface area contributed by atoms with Gasteiger partial charge in [0, 0.05) is 13.7 Å². The highest BCUT2D eigenvalue weighted by atomic mass is 16.6. The molecule has 0 N–H and O–H groups in total. The Morgan fingerprint density at radius 3 is 1.87 bits per heavy atom. The standard InChI is InChI=1S/C10H18O5/c1-4-14-9(11)8(6-7-13-3)10(12)15-5-2/h8H,4-7H2,1-3H3. The maximum atomic E-state index is 11.4. The van der Waals surface area contributed by atoms with E-state index in [0.29, 0.717) is 6.61 Å². The lowest BCUT2D eigenvalue weighted by Crippen LogP contribution is -2.29. The van der Waals surface area contributed by atoms with Crippen LogP contribution >= 0.6 is 0 Å². The summed E-state index contributed by atoms with van der Waals surface area (Å²) in [5.74, 6) is -1.97. The highest BCUT2D eigenvalue weighted by molar-refractivity contribution is 5.94. The van der Waals surface area contributed by atoms with E-state index in [4.69, 9.17) is 14.2 Å². The van der Waals surface area contributed by atoms with Crippen molar-refractivity contribution in [3.05, 3.63) is 0 Å². The third kappa shape index (κ3) is 5.37. The first kappa shape index (κ1) is 13.9. The number of rotatable bonds is 7. The molecule has 0 saturated heterocycles. The van der Waals surface area contributed by atoms with Gasteiger partial charge in [-0.1, -0.05) is 0 Å². The van der Waals surface area contributed by atoms with E-state index in [9.17, 15) is 9.59 Å². The topological polar surface area (TPSA) is 61.8 Å². The van der Waals surface area contributed by atoms with Crippen LogP contribution in [0.5, 0.6) is 0 Å². The zero-order valence-electron chi connectivity index (χ0n) is 9.45. The average Bonchev–Trinajstić information content (AvgIpc) is 2.19. The SMILES string of the molecule is CCOC(=O)C(CCOC)C(=O)OCC. The monoisotopic (exact) mass is 218 g/mol. The second kappa shape index (κ2) is 8.23. The second-order valence-corrected chi connectivity index (χ2v) is 2.84. The Morgan fingerprint density at radius 1 is 1.07 bits per heavy atom. The van der Waals surface area contributed by atoms with Crippen molar-refractivity contribution in [2.24, 2.45) is 5.92 Å². The van der Waals surface area contributed by atoms with Gasteiger partial charge in [-0.25, -0.2) is 0 Å². The minimum atomic E-state index is -0.871. The summed E-state index contributed by atoms with van der Waals surface area (Å²) in [5, 5.41) is 0. The Bertz CT molecular complexity index is 184. The average molecular weight is 218 g/mol. The van der Waals surface area contributed by atoms with E-state index in [1.54, 1.807) is 13.8 Å². The fourth-order valence-electron chi connectivity index (χ4n) is 1.05. The molecule has 0 atom stereocenters. The Hall–Kier alpha value is -1.10. The summed E-state index contributed by atoms with van der Waals surface area (Å²) in [6, 6.07) is 0. The van der Waals surface area contributed by atoms with Gasteiger partial charge in [-0.2, -0.15) is 0 Å².